The van der Waals surface area contributed by atoms with Crippen LogP contribution in [-0.2, 0) is 16.0 Å². The summed E-state index contributed by atoms with van der Waals surface area (Å²) < 4.78 is 15.9. The fraction of sp³-hybridized carbons (Fsp3) is 0.636. The number of benzene rings is 1. The van der Waals surface area contributed by atoms with Gasteiger partial charge in [0.05, 0.1) is 13.2 Å². The minimum absolute atomic E-state index is 0. The largest absolute Gasteiger partial charge is 0.491 e. The van der Waals surface area contributed by atoms with Crippen LogP contribution in [0.1, 0.15) is 38.3 Å². The standard InChI is InChI=1S/C22H38N4O4.HI/c1-7-29-22(27)26-19(12-16(2)3)15-25-21(23-5)24-14-18-9-8-17(4)13-20(18)30-11-10-28-6;/h8-9,13,16,19H,7,10-12,14-15H2,1-6H3,(H,26,27)(H2,23,24,25);1H. The predicted molar refractivity (Wildman–Crippen MR) is 136 cm³/mol. The van der Waals surface area contributed by atoms with Crippen LogP contribution in [0.3, 0.4) is 0 Å². The molecule has 0 radical (unpaired) electrons. The number of hydrogen-bond donors (Lipinski definition) is 3. The van der Waals surface area contributed by atoms with E-state index in [0.717, 1.165) is 23.3 Å². The van der Waals surface area contributed by atoms with Gasteiger partial charge in [0.25, 0.3) is 0 Å². The number of amides is 1. The maximum absolute atomic E-state index is 11.8. The first kappa shape index (κ1) is 29.2. The van der Waals surface area contributed by atoms with Gasteiger partial charge in [-0.05, 0) is 37.8 Å². The van der Waals surface area contributed by atoms with E-state index >= 15 is 0 Å². The molecular formula is C22H39IN4O4. The molecule has 0 saturated heterocycles. The summed E-state index contributed by atoms with van der Waals surface area (Å²) in [5.74, 6) is 1.92. The van der Waals surface area contributed by atoms with Crippen molar-refractivity contribution < 1.29 is 19.0 Å². The topological polar surface area (TPSA) is 93.2 Å². The minimum atomic E-state index is -0.398. The van der Waals surface area contributed by atoms with E-state index in [1.54, 1.807) is 21.1 Å². The van der Waals surface area contributed by atoms with Gasteiger partial charge in [-0.1, -0.05) is 26.0 Å². The molecule has 0 spiro atoms. The number of aliphatic imine (C=N–C) groups is 1. The molecule has 0 saturated carbocycles. The van der Waals surface area contributed by atoms with Gasteiger partial charge in [0, 0.05) is 38.9 Å². The Bertz CT molecular complexity index is 671. The van der Waals surface area contributed by atoms with Gasteiger partial charge in [-0.2, -0.15) is 0 Å². The third-order valence-electron chi connectivity index (χ3n) is 4.31. The average Bonchev–Trinajstić information content (AvgIpc) is 2.69. The second-order valence-electron chi connectivity index (χ2n) is 7.45. The fourth-order valence-electron chi connectivity index (χ4n) is 2.90. The number of guanidine groups is 1. The van der Waals surface area contributed by atoms with E-state index in [9.17, 15) is 4.79 Å². The molecule has 1 atom stereocenters. The number of nitrogens with one attached hydrogen (secondary N) is 3. The van der Waals surface area contributed by atoms with E-state index in [1.165, 1.54) is 0 Å². The van der Waals surface area contributed by atoms with Crippen molar-refractivity contribution in [3.63, 3.8) is 0 Å². The van der Waals surface area contributed by atoms with Crippen molar-refractivity contribution in [3.8, 4) is 5.75 Å². The summed E-state index contributed by atoms with van der Waals surface area (Å²) in [6.07, 6.45) is 0.434. The molecule has 31 heavy (non-hydrogen) atoms. The lowest BCUT2D eigenvalue weighted by molar-refractivity contribution is 0.145. The van der Waals surface area contributed by atoms with E-state index in [1.807, 2.05) is 19.1 Å². The van der Waals surface area contributed by atoms with E-state index in [-0.39, 0.29) is 30.0 Å². The van der Waals surface area contributed by atoms with Crippen LogP contribution in [0.15, 0.2) is 23.2 Å². The second-order valence-corrected chi connectivity index (χ2v) is 7.45. The maximum Gasteiger partial charge on any atom is 0.407 e. The molecule has 0 aliphatic rings. The molecule has 178 valence electrons. The normalized spacial score (nSPS) is 12.0. The number of aryl methyl sites for hydroxylation is 1. The number of carbonyl (C=O) groups is 1. The fourth-order valence-corrected chi connectivity index (χ4v) is 2.90. The zero-order valence-corrected chi connectivity index (χ0v) is 21.9. The molecule has 1 unspecified atom stereocenters. The van der Waals surface area contributed by atoms with Crippen molar-refractivity contribution in [1.82, 2.24) is 16.0 Å². The molecule has 0 aliphatic carbocycles. The highest BCUT2D eigenvalue weighted by Gasteiger charge is 2.15. The highest BCUT2D eigenvalue weighted by Crippen LogP contribution is 2.20. The molecule has 1 amide bonds. The van der Waals surface area contributed by atoms with Gasteiger partial charge in [0.15, 0.2) is 5.96 Å². The van der Waals surface area contributed by atoms with Crippen molar-refractivity contribution in [2.45, 2.75) is 46.7 Å². The average molecular weight is 550 g/mol. The van der Waals surface area contributed by atoms with E-state index in [2.05, 4.69) is 40.9 Å². The monoisotopic (exact) mass is 550 g/mol. The first-order valence-corrected chi connectivity index (χ1v) is 10.5. The number of halogens is 1. The molecule has 1 aromatic carbocycles. The molecule has 3 N–H and O–H groups in total. The van der Waals surface area contributed by atoms with Gasteiger partial charge >= 0.3 is 6.09 Å². The first-order valence-electron chi connectivity index (χ1n) is 10.5. The molecule has 0 aromatic heterocycles. The Labute approximate surface area is 203 Å². The third kappa shape index (κ3) is 12.6. The summed E-state index contributed by atoms with van der Waals surface area (Å²) in [6.45, 7) is 10.5. The van der Waals surface area contributed by atoms with Crippen molar-refractivity contribution in [1.29, 1.82) is 0 Å². The number of carbonyl (C=O) groups excluding carboxylic acids is 1. The van der Waals surface area contributed by atoms with Crippen LogP contribution >= 0.6 is 24.0 Å². The van der Waals surface area contributed by atoms with Crippen LogP contribution in [0.5, 0.6) is 5.75 Å². The SMILES string of the molecule is CCOC(=O)NC(CNC(=NC)NCc1ccc(C)cc1OCCOC)CC(C)C.I. The summed E-state index contributed by atoms with van der Waals surface area (Å²) in [7, 11) is 3.37. The van der Waals surface area contributed by atoms with Gasteiger partial charge in [-0.25, -0.2) is 4.79 Å². The van der Waals surface area contributed by atoms with Crippen molar-refractivity contribution in [2.24, 2.45) is 10.9 Å². The van der Waals surface area contributed by atoms with Crippen LogP contribution in [0.4, 0.5) is 4.79 Å². The Morgan fingerprint density at radius 3 is 2.55 bits per heavy atom. The van der Waals surface area contributed by atoms with Crippen LogP contribution < -0.4 is 20.7 Å². The lowest BCUT2D eigenvalue weighted by atomic mass is 10.0. The number of rotatable bonds is 12. The van der Waals surface area contributed by atoms with Crippen LogP contribution in [0.2, 0.25) is 0 Å². The van der Waals surface area contributed by atoms with E-state index in [0.29, 0.717) is 44.8 Å². The van der Waals surface area contributed by atoms with E-state index < -0.39 is 6.09 Å². The number of hydrogen-bond acceptors (Lipinski definition) is 5. The second kappa shape index (κ2) is 16.9. The summed E-state index contributed by atoms with van der Waals surface area (Å²) in [4.78, 5) is 16.1. The van der Waals surface area contributed by atoms with Gasteiger partial charge in [-0.15, -0.1) is 24.0 Å². The molecule has 1 rings (SSSR count). The molecule has 0 aliphatic heterocycles. The third-order valence-corrected chi connectivity index (χ3v) is 4.31. The van der Waals surface area contributed by atoms with Crippen molar-refractivity contribution in [3.05, 3.63) is 29.3 Å². The Hall–Kier alpha value is -1.75. The lowest BCUT2D eigenvalue weighted by Gasteiger charge is -2.22. The van der Waals surface area contributed by atoms with E-state index in [4.69, 9.17) is 14.2 Å². The van der Waals surface area contributed by atoms with Gasteiger partial charge < -0.3 is 30.2 Å². The Kier molecular flexibility index (Phi) is 15.9. The molecule has 0 bridgehead atoms. The Balaban J connectivity index is 0.00000900. The summed E-state index contributed by atoms with van der Waals surface area (Å²) in [5, 5.41) is 9.50. The predicted octanol–water partition coefficient (Wildman–Crippen LogP) is 3.46. The van der Waals surface area contributed by atoms with Gasteiger partial charge in [-0.3, -0.25) is 4.99 Å². The molecular weight excluding hydrogens is 511 g/mol. The number of ether oxygens (including phenoxy) is 3. The zero-order chi connectivity index (χ0) is 22.4. The Morgan fingerprint density at radius 2 is 1.94 bits per heavy atom. The number of methoxy groups -OCH3 is 1. The zero-order valence-electron chi connectivity index (χ0n) is 19.6. The quantitative estimate of drug-likeness (QED) is 0.160. The van der Waals surface area contributed by atoms with Crippen LogP contribution in [-0.4, -0.2) is 58.6 Å². The van der Waals surface area contributed by atoms with Crippen molar-refractivity contribution in [2.75, 3.05) is 40.5 Å². The summed E-state index contributed by atoms with van der Waals surface area (Å²) in [6, 6.07) is 6.06. The number of nitrogens with zero attached hydrogens (tertiary/aromatic N) is 1. The molecule has 1 aromatic rings. The summed E-state index contributed by atoms with van der Waals surface area (Å²) >= 11 is 0. The van der Waals surface area contributed by atoms with Crippen LogP contribution in [0, 0.1) is 12.8 Å². The summed E-state index contributed by atoms with van der Waals surface area (Å²) in [5.41, 5.74) is 2.17. The van der Waals surface area contributed by atoms with Gasteiger partial charge in [0.2, 0.25) is 0 Å². The van der Waals surface area contributed by atoms with Gasteiger partial charge in [0.1, 0.15) is 12.4 Å². The van der Waals surface area contributed by atoms with Crippen LogP contribution in [0.25, 0.3) is 0 Å². The molecule has 9 heteroatoms. The smallest absolute Gasteiger partial charge is 0.407 e. The minimum Gasteiger partial charge on any atom is -0.491 e. The molecule has 0 heterocycles. The first-order chi connectivity index (χ1) is 14.4. The highest BCUT2D eigenvalue weighted by atomic mass is 127. The molecule has 0 fully saturated rings. The number of alkyl carbamates (subject to hydrolysis) is 1. The highest BCUT2D eigenvalue weighted by molar-refractivity contribution is 14.0. The van der Waals surface area contributed by atoms with Crippen molar-refractivity contribution >= 4 is 36.0 Å². The maximum atomic E-state index is 11.8. The molecule has 8 nitrogen and oxygen atoms in total. The Morgan fingerprint density at radius 1 is 1.19 bits per heavy atom. The lowest BCUT2D eigenvalue weighted by Crippen LogP contribution is -2.47.